The maximum Gasteiger partial charge on any atom is 0.119 e. The van der Waals surface area contributed by atoms with Gasteiger partial charge in [0, 0.05) is 11.1 Å². The van der Waals surface area contributed by atoms with E-state index >= 15 is 0 Å². The molecule has 5 aliphatic rings. The zero-order valence-electron chi connectivity index (χ0n) is 30.9. The molecule has 5 aromatic rings. The van der Waals surface area contributed by atoms with Crippen molar-refractivity contribution in [1.82, 2.24) is 0 Å². The SMILES string of the molecule is F[P-](F)(F)(F)(F)F.c1cc2ccc1COCCOCCOCCOCc1ccc(cc1)OCc1ccc(cc1)CO2.c1ccc(C[NH2+]Cc2ccccc2)cc1. The molecule has 304 valence electrons. The number of nitrogens with two attached hydrogens (primary N) is 1. The van der Waals surface area contributed by atoms with E-state index in [2.05, 4.69) is 90.2 Å². The summed E-state index contributed by atoms with van der Waals surface area (Å²) in [7, 11) is -10.7. The van der Waals surface area contributed by atoms with Crippen molar-refractivity contribution >= 4 is 7.81 Å². The van der Waals surface area contributed by atoms with Gasteiger partial charge in [0.15, 0.2) is 0 Å². The van der Waals surface area contributed by atoms with Gasteiger partial charge >= 0.3 is 33.0 Å². The first-order valence-electron chi connectivity index (χ1n) is 18.0. The van der Waals surface area contributed by atoms with E-state index in [-0.39, 0.29) is 0 Å². The first-order valence-corrected chi connectivity index (χ1v) is 20.1. The van der Waals surface area contributed by atoms with Gasteiger partial charge in [-0.2, -0.15) is 0 Å². The zero-order valence-corrected chi connectivity index (χ0v) is 31.8. The molecule has 10 rings (SSSR count). The van der Waals surface area contributed by atoms with Crippen LogP contribution in [0.15, 0.2) is 133 Å². The van der Waals surface area contributed by atoms with E-state index in [4.69, 9.17) is 28.4 Å². The number of hydrogen-bond acceptors (Lipinski definition) is 6. The van der Waals surface area contributed by atoms with Crippen LogP contribution in [0.25, 0.3) is 0 Å². The molecule has 2 N–H and O–H groups in total. The van der Waals surface area contributed by atoms with Crippen LogP contribution in [-0.2, 0) is 58.5 Å². The molecular formula is C42H48F6NO6P. The Morgan fingerprint density at radius 1 is 0.375 bits per heavy atom. The minimum atomic E-state index is -10.7. The number of fused-ring (bicyclic) bond motifs is 1. The van der Waals surface area contributed by atoms with Crippen LogP contribution in [0.3, 0.4) is 0 Å². The van der Waals surface area contributed by atoms with Crippen molar-refractivity contribution in [3.05, 3.63) is 167 Å². The average Bonchev–Trinajstić information content (AvgIpc) is 3.17. The third kappa shape index (κ3) is 22.2. The molecule has 5 heterocycles. The Balaban J connectivity index is 0.000000259. The summed E-state index contributed by atoms with van der Waals surface area (Å²) in [4.78, 5) is 0. The van der Waals surface area contributed by atoms with Gasteiger partial charge in [-0.3, -0.25) is 0 Å². The number of ether oxygens (including phenoxy) is 6. The van der Waals surface area contributed by atoms with Crippen LogP contribution in [0.4, 0.5) is 25.2 Å². The number of hydrogen-bond donors (Lipinski definition) is 1. The summed E-state index contributed by atoms with van der Waals surface area (Å²) in [6.45, 7) is 7.47. The van der Waals surface area contributed by atoms with Crippen molar-refractivity contribution in [1.29, 1.82) is 0 Å². The van der Waals surface area contributed by atoms with Crippen LogP contribution in [-0.4, -0.2) is 39.6 Å². The van der Waals surface area contributed by atoms with Gasteiger partial charge in [-0.05, 0) is 46.5 Å². The molecule has 5 aromatic carbocycles. The summed E-state index contributed by atoms with van der Waals surface area (Å²) in [5.41, 5.74) is 7.19. The van der Waals surface area contributed by atoms with Crippen molar-refractivity contribution in [2.24, 2.45) is 0 Å². The van der Waals surface area contributed by atoms with E-state index in [1.54, 1.807) is 0 Å². The maximum atomic E-state index is 9.87. The standard InChI is InChI=1S/C28H32O6.C14H15N.F6P/c1-2-26-4-3-25(1)21-33-27-9-5-23(6-10-27)19-31-17-15-29-13-14-30-16-18-32-20-24-7-11-28(12-8-24)34-22-26;1-3-7-13(8-4-1)11-15-12-14-9-5-2-6-10-14;1-7(2,3,4,5)6/h1-12H,13-22H2;1-10,15H,11-12H2;/q;;-1/p+1. The quantitative estimate of drug-likeness (QED) is 0.144. The van der Waals surface area contributed by atoms with E-state index in [1.165, 1.54) is 11.1 Å². The Hall–Kier alpha value is -4.49. The van der Waals surface area contributed by atoms with Gasteiger partial charge in [0.2, 0.25) is 0 Å². The minimum absolute atomic E-state index is 0.515. The Kier molecular flexibility index (Phi) is 17.1. The molecule has 0 aliphatic carbocycles. The Bertz CT molecular complexity index is 1670. The second kappa shape index (κ2) is 21.7. The third-order valence-electron chi connectivity index (χ3n) is 7.78. The smallest absolute Gasteiger partial charge is 0.119 e. The topological polar surface area (TPSA) is 72.0 Å². The van der Waals surface area contributed by atoms with Gasteiger partial charge in [0.05, 0.1) is 52.9 Å². The summed E-state index contributed by atoms with van der Waals surface area (Å²) < 4.78 is 93.5. The van der Waals surface area contributed by atoms with Crippen molar-refractivity contribution < 1.29 is 58.9 Å². The predicted octanol–water partition coefficient (Wildman–Crippen LogP) is 10.3. The van der Waals surface area contributed by atoms with Crippen molar-refractivity contribution in [2.75, 3.05) is 39.6 Å². The first-order chi connectivity index (χ1) is 26.7. The molecule has 5 aliphatic heterocycles. The summed E-state index contributed by atoms with van der Waals surface area (Å²) in [5, 5.41) is 2.32. The van der Waals surface area contributed by atoms with E-state index in [1.807, 2.05) is 48.5 Å². The maximum absolute atomic E-state index is 10.7. The van der Waals surface area contributed by atoms with Crippen molar-refractivity contribution in [3.63, 3.8) is 0 Å². The minimum Gasteiger partial charge on any atom is -0.489 e. The van der Waals surface area contributed by atoms with Crippen LogP contribution in [0.5, 0.6) is 11.5 Å². The molecule has 7 nitrogen and oxygen atoms in total. The number of rotatable bonds is 4. The van der Waals surface area contributed by atoms with E-state index in [0.717, 1.165) is 46.8 Å². The third-order valence-corrected chi connectivity index (χ3v) is 7.78. The van der Waals surface area contributed by atoms with Crippen LogP contribution in [0.1, 0.15) is 33.4 Å². The Morgan fingerprint density at radius 3 is 1.00 bits per heavy atom. The molecule has 0 saturated heterocycles. The van der Waals surface area contributed by atoms with Crippen molar-refractivity contribution in [3.8, 4) is 11.5 Å². The van der Waals surface area contributed by atoms with Gasteiger partial charge in [-0.1, -0.05) is 109 Å². The van der Waals surface area contributed by atoms with Crippen LogP contribution in [0, 0.1) is 0 Å². The van der Waals surface area contributed by atoms with E-state index in [9.17, 15) is 25.2 Å². The monoisotopic (exact) mass is 807 g/mol. The number of quaternary nitrogens is 1. The Labute approximate surface area is 323 Å². The zero-order chi connectivity index (χ0) is 40.0. The number of halogens is 6. The van der Waals surface area contributed by atoms with Crippen molar-refractivity contribution in [2.45, 2.75) is 39.5 Å². The number of benzene rings is 5. The summed E-state index contributed by atoms with van der Waals surface area (Å²) in [6.07, 6.45) is 0. The first kappa shape index (κ1) is 44.2. The molecule has 0 fully saturated rings. The fourth-order valence-corrected chi connectivity index (χ4v) is 5.00. The average molecular weight is 808 g/mol. The largest absolute Gasteiger partial charge is 0.489 e. The van der Waals surface area contributed by atoms with E-state index < -0.39 is 7.81 Å². The van der Waals surface area contributed by atoms with Gasteiger partial charge < -0.3 is 33.7 Å². The molecule has 0 amide bonds. The molecule has 0 spiro atoms. The van der Waals surface area contributed by atoms with Crippen LogP contribution in [0.2, 0.25) is 0 Å². The van der Waals surface area contributed by atoms with Crippen LogP contribution >= 0.6 is 7.81 Å². The second-order valence-corrected chi connectivity index (χ2v) is 14.6. The van der Waals surface area contributed by atoms with Gasteiger partial charge in [0.1, 0.15) is 37.8 Å². The fourth-order valence-electron chi connectivity index (χ4n) is 5.00. The fraction of sp³-hybridized carbons (Fsp3) is 0.286. The van der Waals surface area contributed by atoms with Gasteiger partial charge in [-0.25, -0.2) is 0 Å². The molecule has 6 bridgehead atoms. The second-order valence-electron chi connectivity index (χ2n) is 12.6. The summed E-state index contributed by atoms with van der Waals surface area (Å²) >= 11 is 0. The molecule has 0 unspecified atom stereocenters. The molecule has 0 radical (unpaired) electrons. The van der Waals surface area contributed by atoms with Crippen LogP contribution < -0.4 is 14.8 Å². The Morgan fingerprint density at radius 2 is 0.661 bits per heavy atom. The molecule has 56 heavy (non-hydrogen) atoms. The summed E-state index contributed by atoms with van der Waals surface area (Å²) in [6, 6.07) is 45.4. The molecular weight excluding hydrogens is 759 g/mol. The normalized spacial score (nSPS) is 15.8. The predicted molar refractivity (Wildman–Crippen MR) is 205 cm³/mol. The molecule has 0 saturated carbocycles. The van der Waals surface area contributed by atoms with Gasteiger partial charge in [0.25, 0.3) is 0 Å². The molecule has 0 atom stereocenters. The van der Waals surface area contributed by atoms with Gasteiger partial charge in [-0.15, -0.1) is 0 Å². The molecule has 14 heteroatoms. The molecule has 0 aromatic heterocycles. The van der Waals surface area contributed by atoms with E-state index in [0.29, 0.717) is 66.1 Å². The summed E-state index contributed by atoms with van der Waals surface area (Å²) in [5.74, 6) is 1.67.